The second-order valence-electron chi connectivity index (χ2n) is 8.71. The van der Waals surface area contributed by atoms with Crippen LogP contribution in [0.5, 0.6) is 0 Å². The molecule has 3 rings (SSSR count). The second kappa shape index (κ2) is 13.7. The number of benzene rings is 3. The molecule has 0 saturated heterocycles. The van der Waals surface area contributed by atoms with Gasteiger partial charge in [-0.25, -0.2) is 4.39 Å². The lowest BCUT2D eigenvalue weighted by atomic mass is 10.0. The van der Waals surface area contributed by atoms with Crippen molar-refractivity contribution < 1.29 is 14.0 Å². The first-order valence-corrected chi connectivity index (χ1v) is 13.5. The molecular weight excluding hydrogens is 518 g/mol. The second-order valence-corrected chi connectivity index (χ2v) is 10.5. The van der Waals surface area contributed by atoms with Crippen molar-refractivity contribution in [3.8, 4) is 0 Å². The zero-order valence-electron chi connectivity index (χ0n) is 20.2. The lowest BCUT2D eigenvalue weighted by Crippen LogP contribution is -2.52. The lowest BCUT2D eigenvalue weighted by molar-refractivity contribution is -0.139. The van der Waals surface area contributed by atoms with Crippen LogP contribution in [0.2, 0.25) is 10.0 Å². The molecule has 0 aliphatic rings. The van der Waals surface area contributed by atoms with Crippen molar-refractivity contribution in [1.29, 1.82) is 0 Å². The maximum absolute atomic E-state index is 14.2. The Morgan fingerprint density at radius 2 is 1.67 bits per heavy atom. The Hall–Kier alpha value is -2.54. The van der Waals surface area contributed by atoms with E-state index in [2.05, 4.69) is 5.32 Å². The van der Waals surface area contributed by atoms with Gasteiger partial charge in [0.2, 0.25) is 11.8 Å². The minimum absolute atomic E-state index is 0.0610. The highest BCUT2D eigenvalue weighted by Crippen LogP contribution is 2.25. The molecule has 1 atom stereocenters. The van der Waals surface area contributed by atoms with E-state index >= 15 is 0 Å². The van der Waals surface area contributed by atoms with Gasteiger partial charge in [0.15, 0.2) is 0 Å². The van der Waals surface area contributed by atoms with Gasteiger partial charge in [0.1, 0.15) is 11.9 Å². The zero-order chi connectivity index (χ0) is 26.1. The molecule has 0 unspecified atom stereocenters. The van der Waals surface area contributed by atoms with Gasteiger partial charge in [-0.1, -0.05) is 71.7 Å². The summed E-state index contributed by atoms with van der Waals surface area (Å²) in [5, 5.41) is 3.83. The van der Waals surface area contributed by atoms with E-state index in [1.54, 1.807) is 29.2 Å². The van der Waals surface area contributed by atoms with Crippen LogP contribution in [0.3, 0.4) is 0 Å². The SMILES string of the molecule is CC(C)NC(=O)[C@H](Cc1ccccc1)N(Cc1cccc(Cl)c1)C(=O)CSCc1c(F)cccc1Cl. The van der Waals surface area contributed by atoms with Gasteiger partial charge in [-0.05, 0) is 49.2 Å². The number of rotatable bonds is 11. The summed E-state index contributed by atoms with van der Waals surface area (Å²) < 4.78 is 14.2. The molecule has 0 spiro atoms. The first kappa shape index (κ1) is 28.0. The van der Waals surface area contributed by atoms with E-state index in [4.69, 9.17) is 23.2 Å². The first-order chi connectivity index (χ1) is 17.2. The number of amides is 2. The summed E-state index contributed by atoms with van der Waals surface area (Å²) in [5.41, 5.74) is 2.11. The molecule has 0 radical (unpaired) electrons. The van der Waals surface area contributed by atoms with Gasteiger partial charge in [-0.3, -0.25) is 9.59 Å². The molecule has 2 amide bonds. The van der Waals surface area contributed by atoms with Crippen LogP contribution in [-0.2, 0) is 28.3 Å². The van der Waals surface area contributed by atoms with Gasteiger partial charge in [-0.2, -0.15) is 0 Å². The standard InChI is InChI=1S/C28H29Cl2FN2O2S/c1-19(2)32-28(35)26(15-20-8-4-3-5-9-20)33(16-21-10-6-11-22(29)14-21)27(34)18-36-17-23-24(30)12-7-13-25(23)31/h3-14,19,26H,15-18H2,1-2H3,(H,32,35)/t26-/m0/s1. The third-order valence-electron chi connectivity index (χ3n) is 5.48. The number of halogens is 3. The van der Waals surface area contributed by atoms with Crippen LogP contribution in [-0.4, -0.2) is 34.6 Å². The van der Waals surface area contributed by atoms with Gasteiger partial charge < -0.3 is 10.2 Å². The molecule has 0 saturated carbocycles. The molecule has 3 aromatic carbocycles. The molecule has 4 nitrogen and oxygen atoms in total. The van der Waals surface area contributed by atoms with Gasteiger partial charge in [-0.15, -0.1) is 11.8 Å². The fraction of sp³-hybridized carbons (Fsp3) is 0.286. The quantitative estimate of drug-likeness (QED) is 0.297. The summed E-state index contributed by atoms with van der Waals surface area (Å²) in [4.78, 5) is 28.5. The Balaban J connectivity index is 1.87. The smallest absolute Gasteiger partial charge is 0.243 e. The normalized spacial score (nSPS) is 11.8. The van der Waals surface area contributed by atoms with Crippen molar-refractivity contribution >= 4 is 46.8 Å². The lowest BCUT2D eigenvalue weighted by Gasteiger charge is -2.32. The molecule has 36 heavy (non-hydrogen) atoms. The summed E-state index contributed by atoms with van der Waals surface area (Å²) >= 11 is 13.6. The Bertz CT molecular complexity index is 1160. The number of thioether (sulfide) groups is 1. The van der Waals surface area contributed by atoms with Crippen LogP contribution in [0.15, 0.2) is 72.8 Å². The van der Waals surface area contributed by atoms with Crippen molar-refractivity contribution in [1.82, 2.24) is 10.2 Å². The van der Waals surface area contributed by atoms with E-state index in [1.807, 2.05) is 56.3 Å². The van der Waals surface area contributed by atoms with Crippen LogP contribution in [0.1, 0.15) is 30.5 Å². The maximum Gasteiger partial charge on any atom is 0.243 e. The fourth-order valence-electron chi connectivity index (χ4n) is 3.76. The Morgan fingerprint density at radius 1 is 0.972 bits per heavy atom. The number of hydrogen-bond acceptors (Lipinski definition) is 3. The topological polar surface area (TPSA) is 49.4 Å². The van der Waals surface area contributed by atoms with Crippen molar-refractivity contribution in [3.05, 3.63) is 105 Å². The number of carbonyl (C=O) groups is 2. The van der Waals surface area contributed by atoms with E-state index in [-0.39, 0.29) is 35.9 Å². The van der Waals surface area contributed by atoms with Gasteiger partial charge in [0.05, 0.1) is 5.75 Å². The molecule has 0 aliphatic heterocycles. The van der Waals surface area contributed by atoms with Gasteiger partial charge in [0.25, 0.3) is 0 Å². The summed E-state index contributed by atoms with van der Waals surface area (Å²) in [7, 11) is 0. The predicted octanol–water partition coefficient (Wildman–Crippen LogP) is 6.53. The van der Waals surface area contributed by atoms with Gasteiger partial charge in [0, 0.05) is 40.4 Å². The number of carbonyl (C=O) groups excluding carboxylic acids is 2. The maximum atomic E-state index is 14.2. The van der Waals surface area contributed by atoms with Crippen LogP contribution < -0.4 is 5.32 Å². The monoisotopic (exact) mass is 546 g/mol. The van der Waals surface area contributed by atoms with Gasteiger partial charge >= 0.3 is 0 Å². The Morgan fingerprint density at radius 3 is 2.33 bits per heavy atom. The molecule has 0 bridgehead atoms. The minimum atomic E-state index is -0.737. The predicted molar refractivity (Wildman–Crippen MR) is 147 cm³/mol. The highest BCUT2D eigenvalue weighted by molar-refractivity contribution is 7.99. The molecule has 3 aromatic rings. The van der Waals surface area contributed by atoms with Crippen molar-refractivity contribution in [3.63, 3.8) is 0 Å². The highest BCUT2D eigenvalue weighted by Gasteiger charge is 2.30. The highest BCUT2D eigenvalue weighted by atomic mass is 35.5. The van der Waals surface area contributed by atoms with E-state index in [1.165, 1.54) is 17.8 Å². The molecule has 0 fully saturated rings. The molecule has 8 heteroatoms. The Labute approximate surface area is 226 Å². The summed E-state index contributed by atoms with van der Waals surface area (Å²) in [6, 6.07) is 20.5. The molecule has 1 N–H and O–H groups in total. The van der Waals surface area contributed by atoms with Crippen LogP contribution in [0.4, 0.5) is 4.39 Å². The summed E-state index contributed by atoms with van der Waals surface area (Å²) in [6.45, 7) is 3.98. The number of nitrogens with zero attached hydrogens (tertiary/aromatic N) is 1. The van der Waals surface area contributed by atoms with Crippen molar-refractivity contribution in [2.75, 3.05) is 5.75 Å². The van der Waals surface area contributed by atoms with E-state index in [0.29, 0.717) is 22.0 Å². The minimum Gasteiger partial charge on any atom is -0.352 e. The summed E-state index contributed by atoms with van der Waals surface area (Å²) in [5.74, 6) is -0.565. The largest absolute Gasteiger partial charge is 0.352 e. The first-order valence-electron chi connectivity index (χ1n) is 11.6. The number of nitrogens with one attached hydrogen (secondary N) is 1. The number of hydrogen-bond donors (Lipinski definition) is 1. The third-order valence-corrected chi connectivity index (χ3v) is 7.01. The molecule has 0 aliphatic carbocycles. The molecule has 0 heterocycles. The zero-order valence-corrected chi connectivity index (χ0v) is 22.5. The average Bonchev–Trinajstić information content (AvgIpc) is 2.83. The molecule has 190 valence electrons. The fourth-order valence-corrected chi connectivity index (χ4v) is 5.22. The molecular formula is C28H29Cl2FN2O2S. The molecule has 0 aromatic heterocycles. The van der Waals surface area contributed by atoms with Crippen LogP contribution in [0, 0.1) is 5.82 Å². The van der Waals surface area contributed by atoms with E-state index in [9.17, 15) is 14.0 Å². The van der Waals surface area contributed by atoms with Crippen molar-refractivity contribution in [2.45, 2.75) is 44.6 Å². The Kier molecular flexibility index (Phi) is 10.7. The average molecular weight is 548 g/mol. The van der Waals surface area contributed by atoms with E-state index < -0.39 is 11.9 Å². The third kappa shape index (κ3) is 8.26. The van der Waals surface area contributed by atoms with Crippen molar-refractivity contribution in [2.24, 2.45) is 0 Å². The van der Waals surface area contributed by atoms with Crippen LogP contribution >= 0.6 is 35.0 Å². The van der Waals surface area contributed by atoms with Crippen LogP contribution in [0.25, 0.3) is 0 Å². The van der Waals surface area contributed by atoms with E-state index in [0.717, 1.165) is 11.1 Å². The summed E-state index contributed by atoms with van der Waals surface area (Å²) in [6.07, 6.45) is 0.357.